The second-order valence-corrected chi connectivity index (χ2v) is 5.78. The van der Waals surface area contributed by atoms with Gasteiger partial charge in [0.1, 0.15) is 12.4 Å². The van der Waals surface area contributed by atoms with Crippen molar-refractivity contribution in [2.24, 2.45) is 5.92 Å². The molecule has 124 valence electrons. The summed E-state index contributed by atoms with van der Waals surface area (Å²) in [5.74, 6) is 1.66. The highest BCUT2D eigenvalue weighted by Crippen LogP contribution is 2.27. The van der Waals surface area contributed by atoms with Crippen LogP contribution in [0.4, 0.5) is 0 Å². The maximum absolute atomic E-state index is 11.6. The van der Waals surface area contributed by atoms with E-state index in [0.29, 0.717) is 19.7 Å². The van der Waals surface area contributed by atoms with E-state index in [-0.39, 0.29) is 18.3 Å². The SMILES string of the molecule is Cl.O=C(CNCC1CC1)NCCOc1ccc2ccccc2c1. The lowest BCUT2D eigenvalue weighted by Gasteiger charge is -2.09. The van der Waals surface area contributed by atoms with Crippen LogP contribution in [0.5, 0.6) is 5.75 Å². The topological polar surface area (TPSA) is 50.4 Å². The summed E-state index contributed by atoms with van der Waals surface area (Å²) < 4.78 is 5.68. The van der Waals surface area contributed by atoms with Crippen LogP contribution in [-0.4, -0.2) is 32.1 Å². The Balaban J connectivity index is 0.00000192. The van der Waals surface area contributed by atoms with Crippen LogP contribution in [0.3, 0.4) is 0 Å². The molecule has 1 fully saturated rings. The Kier molecular flexibility index (Phi) is 6.68. The molecule has 0 saturated heterocycles. The number of amides is 1. The van der Waals surface area contributed by atoms with Gasteiger partial charge in [-0.05, 0) is 48.2 Å². The molecule has 1 amide bonds. The Morgan fingerprint density at radius 3 is 2.70 bits per heavy atom. The van der Waals surface area contributed by atoms with E-state index in [0.717, 1.165) is 23.6 Å². The smallest absolute Gasteiger partial charge is 0.234 e. The number of hydrogen-bond donors (Lipinski definition) is 2. The van der Waals surface area contributed by atoms with Gasteiger partial charge in [0.25, 0.3) is 0 Å². The Labute approximate surface area is 143 Å². The van der Waals surface area contributed by atoms with Crippen LogP contribution < -0.4 is 15.4 Å². The highest BCUT2D eigenvalue weighted by Gasteiger charge is 2.20. The van der Waals surface area contributed by atoms with Crippen LogP contribution in [0.15, 0.2) is 42.5 Å². The number of fused-ring (bicyclic) bond motifs is 1. The molecule has 1 aliphatic rings. The van der Waals surface area contributed by atoms with Crippen molar-refractivity contribution in [1.82, 2.24) is 10.6 Å². The largest absolute Gasteiger partial charge is 0.492 e. The second kappa shape index (κ2) is 8.75. The molecule has 2 aromatic carbocycles. The number of benzene rings is 2. The first kappa shape index (κ1) is 17.6. The minimum atomic E-state index is 0. The van der Waals surface area contributed by atoms with Crippen molar-refractivity contribution in [1.29, 1.82) is 0 Å². The van der Waals surface area contributed by atoms with Crippen LogP contribution >= 0.6 is 12.4 Å². The van der Waals surface area contributed by atoms with Crippen LogP contribution in [0.25, 0.3) is 10.8 Å². The molecule has 0 aliphatic heterocycles. The number of halogens is 1. The van der Waals surface area contributed by atoms with E-state index in [1.165, 1.54) is 18.2 Å². The van der Waals surface area contributed by atoms with Crippen molar-refractivity contribution in [3.63, 3.8) is 0 Å². The van der Waals surface area contributed by atoms with Gasteiger partial charge in [-0.2, -0.15) is 0 Å². The zero-order chi connectivity index (χ0) is 15.2. The molecule has 0 aromatic heterocycles. The zero-order valence-electron chi connectivity index (χ0n) is 13.1. The highest BCUT2D eigenvalue weighted by atomic mass is 35.5. The van der Waals surface area contributed by atoms with E-state index in [1.54, 1.807) is 0 Å². The lowest BCUT2D eigenvalue weighted by molar-refractivity contribution is -0.120. The van der Waals surface area contributed by atoms with Crippen LogP contribution in [0.1, 0.15) is 12.8 Å². The van der Waals surface area contributed by atoms with E-state index in [2.05, 4.69) is 22.8 Å². The van der Waals surface area contributed by atoms with Crippen LogP contribution in [0, 0.1) is 5.92 Å². The van der Waals surface area contributed by atoms with Crippen molar-refractivity contribution < 1.29 is 9.53 Å². The van der Waals surface area contributed by atoms with Gasteiger partial charge in [0.05, 0.1) is 13.1 Å². The van der Waals surface area contributed by atoms with E-state index in [9.17, 15) is 4.79 Å². The number of rotatable bonds is 8. The maximum Gasteiger partial charge on any atom is 0.234 e. The number of ether oxygens (including phenoxy) is 1. The Morgan fingerprint density at radius 1 is 1.13 bits per heavy atom. The molecule has 2 aromatic rings. The summed E-state index contributed by atoms with van der Waals surface area (Å²) in [5.41, 5.74) is 0. The lowest BCUT2D eigenvalue weighted by atomic mass is 10.1. The summed E-state index contributed by atoms with van der Waals surface area (Å²) in [6.45, 7) is 2.36. The van der Waals surface area contributed by atoms with Gasteiger partial charge < -0.3 is 15.4 Å². The lowest BCUT2D eigenvalue weighted by Crippen LogP contribution is -2.36. The Hall–Kier alpha value is -1.78. The molecule has 4 nitrogen and oxygen atoms in total. The number of hydrogen-bond acceptors (Lipinski definition) is 3. The predicted octanol–water partition coefficient (Wildman–Crippen LogP) is 2.76. The predicted molar refractivity (Wildman–Crippen MR) is 95.3 cm³/mol. The van der Waals surface area contributed by atoms with Gasteiger partial charge >= 0.3 is 0 Å². The van der Waals surface area contributed by atoms with Gasteiger partial charge in [0.15, 0.2) is 0 Å². The monoisotopic (exact) mass is 334 g/mol. The minimum Gasteiger partial charge on any atom is -0.492 e. The standard InChI is InChI=1S/C18H22N2O2.ClH/c21-18(13-19-12-14-5-6-14)20-9-10-22-17-8-7-15-3-1-2-4-16(15)11-17;/h1-4,7-8,11,14,19H,5-6,9-10,12-13H2,(H,20,21);1H. The summed E-state index contributed by atoms with van der Waals surface area (Å²) in [7, 11) is 0. The molecule has 2 N–H and O–H groups in total. The molecule has 0 unspecified atom stereocenters. The third kappa shape index (κ3) is 5.73. The first-order valence-corrected chi connectivity index (χ1v) is 7.90. The number of carbonyl (C=O) groups is 1. The molecule has 23 heavy (non-hydrogen) atoms. The third-order valence-corrected chi connectivity index (χ3v) is 3.83. The number of carbonyl (C=O) groups excluding carboxylic acids is 1. The zero-order valence-corrected chi connectivity index (χ0v) is 13.9. The fraction of sp³-hybridized carbons (Fsp3) is 0.389. The molecule has 0 heterocycles. The summed E-state index contributed by atoms with van der Waals surface area (Å²) in [6.07, 6.45) is 2.60. The van der Waals surface area contributed by atoms with E-state index in [4.69, 9.17) is 4.74 Å². The van der Waals surface area contributed by atoms with Crippen molar-refractivity contribution in [2.45, 2.75) is 12.8 Å². The van der Waals surface area contributed by atoms with Crippen molar-refractivity contribution in [3.8, 4) is 5.75 Å². The molecule has 0 radical (unpaired) electrons. The molecule has 0 bridgehead atoms. The molecule has 1 saturated carbocycles. The van der Waals surface area contributed by atoms with Crippen molar-refractivity contribution in [3.05, 3.63) is 42.5 Å². The van der Waals surface area contributed by atoms with Gasteiger partial charge in [-0.1, -0.05) is 30.3 Å². The Bertz CT molecular complexity index is 644. The first-order valence-electron chi connectivity index (χ1n) is 7.90. The van der Waals surface area contributed by atoms with Gasteiger partial charge in [-0.25, -0.2) is 0 Å². The normalized spacial score (nSPS) is 13.4. The van der Waals surface area contributed by atoms with Gasteiger partial charge in [-0.15, -0.1) is 12.4 Å². The maximum atomic E-state index is 11.6. The van der Waals surface area contributed by atoms with E-state index in [1.807, 2.05) is 30.3 Å². The van der Waals surface area contributed by atoms with Crippen molar-refractivity contribution in [2.75, 3.05) is 26.2 Å². The number of nitrogens with one attached hydrogen (secondary N) is 2. The van der Waals surface area contributed by atoms with E-state index < -0.39 is 0 Å². The average molecular weight is 335 g/mol. The summed E-state index contributed by atoms with van der Waals surface area (Å²) in [6, 6.07) is 14.2. The van der Waals surface area contributed by atoms with Gasteiger partial charge in [0.2, 0.25) is 5.91 Å². The molecule has 0 atom stereocenters. The highest BCUT2D eigenvalue weighted by molar-refractivity contribution is 5.85. The summed E-state index contributed by atoms with van der Waals surface area (Å²) in [5, 5.41) is 8.39. The van der Waals surface area contributed by atoms with Gasteiger partial charge in [-0.3, -0.25) is 4.79 Å². The summed E-state index contributed by atoms with van der Waals surface area (Å²) >= 11 is 0. The third-order valence-electron chi connectivity index (χ3n) is 3.83. The quantitative estimate of drug-likeness (QED) is 0.730. The summed E-state index contributed by atoms with van der Waals surface area (Å²) in [4.78, 5) is 11.6. The average Bonchev–Trinajstić information content (AvgIpc) is 3.36. The fourth-order valence-electron chi connectivity index (χ4n) is 2.39. The van der Waals surface area contributed by atoms with Crippen LogP contribution in [-0.2, 0) is 4.79 Å². The molecule has 1 aliphatic carbocycles. The first-order chi connectivity index (χ1) is 10.8. The fourth-order valence-corrected chi connectivity index (χ4v) is 2.39. The second-order valence-electron chi connectivity index (χ2n) is 5.78. The molecule has 5 heteroatoms. The minimum absolute atomic E-state index is 0. The Morgan fingerprint density at radius 2 is 1.91 bits per heavy atom. The van der Waals surface area contributed by atoms with Crippen molar-refractivity contribution >= 4 is 29.1 Å². The molecular weight excluding hydrogens is 312 g/mol. The van der Waals surface area contributed by atoms with Gasteiger partial charge in [0, 0.05) is 0 Å². The molecular formula is C18H23ClN2O2. The molecule has 3 rings (SSSR count). The van der Waals surface area contributed by atoms with Crippen LogP contribution in [0.2, 0.25) is 0 Å². The molecule has 0 spiro atoms. The van der Waals surface area contributed by atoms with E-state index >= 15 is 0 Å².